The molecule has 0 spiro atoms. The van der Waals surface area contributed by atoms with Gasteiger partial charge < -0.3 is 20.3 Å². The molecule has 1 fully saturated rings. The van der Waals surface area contributed by atoms with Gasteiger partial charge in [-0.15, -0.1) is 0 Å². The number of likely N-dealkylation sites (tertiary alicyclic amines) is 1. The first-order chi connectivity index (χ1) is 14.9. The Morgan fingerprint density at radius 3 is 2.68 bits per heavy atom. The van der Waals surface area contributed by atoms with E-state index in [0.717, 1.165) is 16.9 Å². The molecule has 3 amide bonds. The van der Waals surface area contributed by atoms with Crippen LogP contribution in [0.15, 0.2) is 42.5 Å². The van der Waals surface area contributed by atoms with Gasteiger partial charge in [0.15, 0.2) is 0 Å². The fourth-order valence-electron chi connectivity index (χ4n) is 3.80. The van der Waals surface area contributed by atoms with Crippen LogP contribution in [0.3, 0.4) is 0 Å². The van der Waals surface area contributed by atoms with Gasteiger partial charge >= 0.3 is 0 Å². The lowest BCUT2D eigenvalue weighted by Crippen LogP contribution is -2.36. The number of aryl methyl sites for hydroxylation is 1. The van der Waals surface area contributed by atoms with Crippen molar-refractivity contribution in [1.82, 2.24) is 10.2 Å². The number of methoxy groups -OCH3 is 1. The van der Waals surface area contributed by atoms with Crippen molar-refractivity contribution in [2.24, 2.45) is 0 Å². The molecule has 7 heteroatoms. The van der Waals surface area contributed by atoms with Gasteiger partial charge in [0.2, 0.25) is 11.8 Å². The summed E-state index contributed by atoms with van der Waals surface area (Å²) in [6.45, 7) is 4.40. The van der Waals surface area contributed by atoms with Gasteiger partial charge in [-0.2, -0.15) is 0 Å². The molecule has 3 rings (SSSR count). The van der Waals surface area contributed by atoms with E-state index in [1.807, 2.05) is 36.1 Å². The summed E-state index contributed by atoms with van der Waals surface area (Å²) in [6, 6.07) is 12.9. The maximum Gasteiger partial charge on any atom is 0.251 e. The lowest BCUT2D eigenvalue weighted by atomic mass is 10.0. The average molecular weight is 424 g/mol. The molecule has 1 aliphatic rings. The highest BCUT2D eigenvalue weighted by Crippen LogP contribution is 2.20. The zero-order valence-electron chi connectivity index (χ0n) is 18.2. The minimum Gasteiger partial charge on any atom is -0.497 e. The normalized spacial score (nSPS) is 16.4. The molecule has 1 aliphatic heterocycles. The summed E-state index contributed by atoms with van der Waals surface area (Å²) in [5, 5.41) is 5.79. The molecule has 0 bridgehead atoms. The minimum atomic E-state index is -0.162. The molecule has 1 heterocycles. The van der Waals surface area contributed by atoms with Crippen molar-refractivity contribution in [1.29, 1.82) is 0 Å². The van der Waals surface area contributed by atoms with Gasteiger partial charge in [0.25, 0.3) is 5.91 Å². The van der Waals surface area contributed by atoms with Gasteiger partial charge in [-0.3, -0.25) is 14.4 Å². The van der Waals surface area contributed by atoms with Crippen LogP contribution in [0, 0.1) is 6.92 Å². The summed E-state index contributed by atoms with van der Waals surface area (Å²) in [7, 11) is 1.62. The lowest BCUT2D eigenvalue weighted by Gasteiger charge is -2.21. The lowest BCUT2D eigenvalue weighted by molar-refractivity contribution is -0.131. The second-order valence-electron chi connectivity index (χ2n) is 7.88. The molecule has 0 aromatic heterocycles. The summed E-state index contributed by atoms with van der Waals surface area (Å²) >= 11 is 0. The van der Waals surface area contributed by atoms with Crippen LogP contribution < -0.4 is 15.4 Å². The number of anilines is 1. The standard InChI is InChI=1S/C24H29N3O4/c1-16-13-20(25-17(2)28)7-9-22(16)24(30)26-19-8-10-23(29)27(12-11-19)15-18-5-4-6-21(14-18)31-3/h4-7,9,13-14,19H,8,10-12,15H2,1-3H3,(H,25,28)(H,26,30). The molecule has 2 aromatic rings. The first kappa shape index (κ1) is 22.3. The summed E-state index contributed by atoms with van der Waals surface area (Å²) in [5.41, 5.74) is 3.03. The number of rotatable bonds is 6. The Labute approximate surface area is 182 Å². The summed E-state index contributed by atoms with van der Waals surface area (Å²) in [4.78, 5) is 38.4. The van der Waals surface area contributed by atoms with E-state index >= 15 is 0 Å². The maximum absolute atomic E-state index is 12.8. The maximum atomic E-state index is 12.8. The van der Waals surface area contributed by atoms with Crippen LogP contribution in [0.5, 0.6) is 5.75 Å². The van der Waals surface area contributed by atoms with Crippen molar-refractivity contribution >= 4 is 23.4 Å². The Morgan fingerprint density at radius 2 is 1.97 bits per heavy atom. The van der Waals surface area contributed by atoms with E-state index in [1.165, 1.54) is 6.92 Å². The zero-order chi connectivity index (χ0) is 22.4. The summed E-state index contributed by atoms with van der Waals surface area (Å²) in [6.07, 6.45) is 1.71. The summed E-state index contributed by atoms with van der Waals surface area (Å²) < 4.78 is 5.26. The first-order valence-electron chi connectivity index (χ1n) is 10.5. The Morgan fingerprint density at radius 1 is 1.16 bits per heavy atom. The van der Waals surface area contributed by atoms with E-state index in [9.17, 15) is 14.4 Å². The highest BCUT2D eigenvalue weighted by Gasteiger charge is 2.24. The number of carbonyl (C=O) groups is 3. The summed E-state index contributed by atoms with van der Waals surface area (Å²) in [5.74, 6) is 0.545. The average Bonchev–Trinajstić information content (AvgIpc) is 2.89. The van der Waals surface area contributed by atoms with Crippen molar-refractivity contribution < 1.29 is 19.1 Å². The van der Waals surface area contributed by atoms with Crippen LogP contribution >= 0.6 is 0 Å². The van der Waals surface area contributed by atoms with Crippen LogP contribution in [0.4, 0.5) is 5.69 Å². The molecule has 2 N–H and O–H groups in total. The highest BCUT2D eigenvalue weighted by molar-refractivity contribution is 5.97. The molecule has 1 unspecified atom stereocenters. The predicted octanol–water partition coefficient (Wildman–Crippen LogP) is 3.27. The second-order valence-corrected chi connectivity index (χ2v) is 7.88. The first-order valence-corrected chi connectivity index (χ1v) is 10.5. The molecule has 7 nitrogen and oxygen atoms in total. The minimum absolute atomic E-state index is 0.0684. The second kappa shape index (κ2) is 10.1. The SMILES string of the molecule is COc1cccc(CN2CCC(NC(=O)c3ccc(NC(C)=O)cc3C)CCC2=O)c1. The fraction of sp³-hybridized carbons (Fsp3) is 0.375. The number of benzene rings is 2. The van der Waals surface area contributed by atoms with E-state index in [2.05, 4.69) is 10.6 Å². The molecule has 164 valence electrons. The molecule has 31 heavy (non-hydrogen) atoms. The zero-order valence-corrected chi connectivity index (χ0v) is 18.2. The number of carbonyl (C=O) groups excluding carboxylic acids is 3. The van der Waals surface area contributed by atoms with E-state index < -0.39 is 0 Å². The van der Waals surface area contributed by atoms with Crippen molar-refractivity contribution in [2.45, 2.75) is 45.7 Å². The highest BCUT2D eigenvalue weighted by atomic mass is 16.5. The number of hydrogen-bond donors (Lipinski definition) is 2. The van der Waals surface area contributed by atoms with Gasteiger partial charge in [0.05, 0.1) is 7.11 Å². The van der Waals surface area contributed by atoms with Crippen LogP contribution in [0.25, 0.3) is 0 Å². The van der Waals surface area contributed by atoms with Crippen LogP contribution in [-0.4, -0.2) is 42.3 Å². The van der Waals surface area contributed by atoms with Crippen LogP contribution in [0.1, 0.15) is 47.7 Å². The van der Waals surface area contributed by atoms with Gasteiger partial charge in [-0.05, 0) is 61.2 Å². The number of nitrogens with zero attached hydrogens (tertiary/aromatic N) is 1. The van der Waals surface area contributed by atoms with Gasteiger partial charge in [0.1, 0.15) is 5.75 Å². The smallest absolute Gasteiger partial charge is 0.251 e. The fourth-order valence-corrected chi connectivity index (χ4v) is 3.80. The van der Waals surface area contributed by atoms with Gasteiger partial charge in [0, 0.05) is 43.7 Å². The Kier molecular flexibility index (Phi) is 7.28. The Hall–Kier alpha value is -3.35. The largest absolute Gasteiger partial charge is 0.497 e. The Balaban J connectivity index is 1.60. The van der Waals surface area contributed by atoms with E-state index in [1.54, 1.807) is 25.3 Å². The van der Waals surface area contributed by atoms with Crippen LogP contribution in [0.2, 0.25) is 0 Å². The van der Waals surface area contributed by atoms with Crippen molar-refractivity contribution in [2.75, 3.05) is 19.0 Å². The van der Waals surface area contributed by atoms with Crippen LogP contribution in [-0.2, 0) is 16.1 Å². The predicted molar refractivity (Wildman–Crippen MR) is 119 cm³/mol. The molecule has 1 atom stereocenters. The van der Waals surface area contributed by atoms with E-state index in [4.69, 9.17) is 4.74 Å². The topological polar surface area (TPSA) is 87.7 Å². The molecular weight excluding hydrogens is 394 g/mol. The molecule has 0 aliphatic carbocycles. The third-order valence-corrected chi connectivity index (χ3v) is 5.44. The third-order valence-electron chi connectivity index (χ3n) is 5.44. The number of ether oxygens (including phenoxy) is 1. The number of nitrogens with one attached hydrogen (secondary N) is 2. The number of amides is 3. The van der Waals surface area contributed by atoms with Crippen molar-refractivity contribution in [3.63, 3.8) is 0 Å². The van der Waals surface area contributed by atoms with Crippen molar-refractivity contribution in [3.8, 4) is 5.75 Å². The molecular formula is C24H29N3O4. The van der Waals surface area contributed by atoms with E-state index in [0.29, 0.717) is 43.6 Å². The molecule has 1 saturated heterocycles. The van der Waals surface area contributed by atoms with Crippen molar-refractivity contribution in [3.05, 3.63) is 59.2 Å². The molecule has 2 aromatic carbocycles. The van der Waals surface area contributed by atoms with E-state index in [-0.39, 0.29) is 23.8 Å². The van der Waals surface area contributed by atoms with Gasteiger partial charge in [-0.25, -0.2) is 0 Å². The molecule has 0 radical (unpaired) electrons. The monoisotopic (exact) mass is 423 g/mol. The van der Waals surface area contributed by atoms with Gasteiger partial charge in [-0.1, -0.05) is 12.1 Å². The third kappa shape index (κ3) is 6.07. The Bertz CT molecular complexity index is 973. The molecule has 0 saturated carbocycles. The quantitative estimate of drug-likeness (QED) is 0.747. The number of hydrogen-bond acceptors (Lipinski definition) is 4.